The molecule has 4 aliphatic heterocycles. The number of rotatable bonds is 16. The highest BCUT2D eigenvalue weighted by molar-refractivity contribution is 6.31. The molecule has 2 fully saturated rings. The van der Waals surface area contributed by atoms with Crippen molar-refractivity contribution in [1.82, 2.24) is 59.1 Å². The first kappa shape index (κ1) is 73.0. The number of carbonyl (C=O) groups is 4. The van der Waals surface area contributed by atoms with E-state index in [-0.39, 0.29) is 35.5 Å². The van der Waals surface area contributed by atoms with Crippen molar-refractivity contribution in [3.8, 4) is 0 Å². The van der Waals surface area contributed by atoms with Gasteiger partial charge in [0.1, 0.15) is 6.54 Å². The summed E-state index contributed by atoms with van der Waals surface area (Å²) in [4.78, 5) is 58.8. The largest absolute Gasteiger partial charge is 0.354 e. The van der Waals surface area contributed by atoms with Crippen molar-refractivity contribution >= 4 is 78.8 Å². The van der Waals surface area contributed by atoms with E-state index in [0.717, 1.165) is 146 Å². The van der Waals surface area contributed by atoms with Gasteiger partial charge < -0.3 is 59.1 Å². The number of nitrogens with zero attached hydrogens (tertiary/aromatic N) is 8. The summed E-state index contributed by atoms with van der Waals surface area (Å²) >= 11 is 6.24. The Kier molecular flexibility index (Phi) is 24.3. The van der Waals surface area contributed by atoms with E-state index in [1.165, 1.54) is 138 Å². The van der Waals surface area contributed by atoms with Gasteiger partial charge in [-0.25, -0.2) is 0 Å². The van der Waals surface area contributed by atoms with Crippen molar-refractivity contribution < 1.29 is 19.2 Å². The lowest BCUT2D eigenvalue weighted by atomic mass is 9.89. The molecule has 6 aliphatic rings. The molecule has 0 spiro atoms. The molecule has 9 aromatic rings. The maximum atomic E-state index is 12.7. The van der Waals surface area contributed by atoms with E-state index in [9.17, 15) is 19.2 Å². The molecule has 4 N–H and O–H groups in total. The Morgan fingerprint density at radius 3 is 1.36 bits per heavy atom. The first-order valence-electron chi connectivity index (χ1n) is 37.8. The molecule has 4 aromatic heterocycles. The normalized spacial score (nSPS) is 16.9. The number of amides is 4. The van der Waals surface area contributed by atoms with Crippen molar-refractivity contribution in [1.29, 1.82) is 0 Å². The SMILES string of the molecule is CN1CCc2c(c3cc(Cl)ccc3n2CC(=O)NC2CCCCC2)C1.Cc1ccc2c(c1)c1c(n2CCC(=O)NCc2ccccc2)CCN(C)C1.Cc1ccc2c(c1)c1c(n2CCNC(=O)C(C)C)CCN(C)C1.Cc1ccc2c(c1)c1c(n2CCNC(=O)C2CCCCC2)CCN(C)C1. The van der Waals surface area contributed by atoms with E-state index in [1.807, 2.05) is 56.3 Å². The van der Waals surface area contributed by atoms with Crippen molar-refractivity contribution in [3.63, 3.8) is 0 Å². The highest BCUT2D eigenvalue weighted by Crippen LogP contribution is 2.36. The van der Waals surface area contributed by atoms with Gasteiger partial charge in [0.05, 0.1) is 0 Å². The van der Waals surface area contributed by atoms with Crippen LogP contribution < -0.4 is 21.3 Å². The van der Waals surface area contributed by atoms with Gasteiger partial charge in [-0.15, -0.1) is 0 Å². The molecular formula is C84H111ClN12O4. The molecule has 15 rings (SSSR count). The average molecular weight is 1390 g/mol. The minimum Gasteiger partial charge on any atom is -0.354 e. The Balaban J connectivity index is 0.000000128. The van der Waals surface area contributed by atoms with Crippen molar-refractivity contribution in [3.05, 3.63) is 175 Å². The second kappa shape index (κ2) is 33.6. The maximum Gasteiger partial charge on any atom is 0.240 e. The van der Waals surface area contributed by atoms with Crippen molar-refractivity contribution in [2.75, 3.05) is 67.5 Å². The van der Waals surface area contributed by atoms with Crippen LogP contribution in [0.5, 0.6) is 0 Å². The zero-order valence-electron chi connectivity index (χ0n) is 61.8. The summed E-state index contributed by atoms with van der Waals surface area (Å²) < 4.78 is 9.46. The summed E-state index contributed by atoms with van der Waals surface area (Å²) in [5.41, 5.74) is 21.4. The van der Waals surface area contributed by atoms with Gasteiger partial charge in [-0.05, 0) is 157 Å². The predicted octanol–water partition coefficient (Wildman–Crippen LogP) is 13.7. The number of nitrogens with one attached hydrogen (secondary N) is 4. The third kappa shape index (κ3) is 17.7. The average Bonchev–Trinajstić information content (AvgIpc) is 1.64. The van der Waals surface area contributed by atoms with Gasteiger partial charge in [-0.3, -0.25) is 19.2 Å². The molecule has 8 heterocycles. The molecule has 2 saturated carbocycles. The quantitative estimate of drug-likeness (QED) is 0.0747. The molecule has 0 unspecified atom stereocenters. The van der Waals surface area contributed by atoms with Gasteiger partial charge >= 0.3 is 0 Å². The molecule has 101 heavy (non-hydrogen) atoms. The van der Waals surface area contributed by atoms with Crippen LogP contribution in [0.25, 0.3) is 43.6 Å². The zero-order chi connectivity index (χ0) is 70.8. The van der Waals surface area contributed by atoms with Gasteiger partial charge in [-0.2, -0.15) is 0 Å². The van der Waals surface area contributed by atoms with E-state index in [2.05, 4.69) is 169 Å². The summed E-state index contributed by atoms with van der Waals surface area (Å²) in [5.74, 6) is 0.934. The number of benzene rings is 5. The van der Waals surface area contributed by atoms with Crippen LogP contribution >= 0.6 is 11.6 Å². The summed E-state index contributed by atoms with van der Waals surface area (Å²) in [7, 11) is 8.71. The molecular weight excluding hydrogens is 1280 g/mol. The first-order chi connectivity index (χ1) is 48.8. The molecule has 17 heteroatoms. The minimum atomic E-state index is 0.0432. The molecule has 0 atom stereocenters. The highest BCUT2D eigenvalue weighted by atomic mass is 35.5. The van der Waals surface area contributed by atoms with Gasteiger partial charge in [0, 0.05) is 213 Å². The lowest BCUT2D eigenvalue weighted by molar-refractivity contribution is -0.126. The van der Waals surface area contributed by atoms with E-state index < -0.39 is 0 Å². The molecule has 16 nitrogen and oxygen atoms in total. The van der Waals surface area contributed by atoms with Crippen LogP contribution in [0.4, 0.5) is 0 Å². The monoisotopic (exact) mass is 1390 g/mol. The summed E-state index contributed by atoms with van der Waals surface area (Å²) in [5, 5.41) is 18.6. The molecule has 5 aromatic carbocycles. The minimum absolute atomic E-state index is 0.0432. The fraction of sp³-hybridized carbons (Fsp3) is 0.500. The number of likely N-dealkylation sites (N-methyl/N-ethyl adjacent to an activating group) is 4. The number of halogens is 1. The standard InChI is InChI=1S/C23H27N3O.C22H31N3O.C20H26ClN3O.C19H27N3O/c1-17-8-9-21-19(14-17)20-16-25(2)12-10-22(20)26(21)13-11-23(27)24-15-18-6-4-3-5-7-18;1-16-8-9-20-18(14-16)19-15-24(2)12-10-21(19)25(20)13-11-23-22(26)17-6-4-3-5-7-17;1-23-10-9-19-17(12-23)16-11-14(21)7-8-18(16)24(19)13-20(25)22-15-5-3-2-4-6-15;1-13(2)19(23)20-8-10-22-17-6-5-14(3)11-15(17)16-12-21(4)9-7-18(16)22/h3-9,14H,10-13,15-16H2,1-2H3,(H,24,27);8-9,14,17H,3-7,10-13,15H2,1-2H3,(H,23,26);7-8,11,15H,2-6,9-10,12-13H2,1H3,(H,22,25);5-6,11,13H,7-10,12H2,1-4H3,(H,20,23). The van der Waals surface area contributed by atoms with Gasteiger partial charge in [-0.1, -0.05) is 129 Å². The topological polar surface area (TPSA) is 149 Å². The second-order valence-corrected chi connectivity index (χ2v) is 30.8. The Morgan fingerprint density at radius 2 is 0.881 bits per heavy atom. The van der Waals surface area contributed by atoms with Crippen molar-refractivity contribution in [2.24, 2.45) is 11.8 Å². The zero-order valence-corrected chi connectivity index (χ0v) is 62.6. The molecule has 538 valence electrons. The lowest BCUT2D eigenvalue weighted by Crippen LogP contribution is -2.38. The predicted molar refractivity (Wildman–Crippen MR) is 412 cm³/mol. The smallest absolute Gasteiger partial charge is 0.240 e. The number of hydrogen-bond donors (Lipinski definition) is 4. The Morgan fingerprint density at radius 1 is 0.465 bits per heavy atom. The number of aryl methyl sites for hydroxylation is 4. The second-order valence-electron chi connectivity index (χ2n) is 30.4. The Labute approximate surface area is 604 Å². The third-order valence-corrected chi connectivity index (χ3v) is 22.4. The fourth-order valence-electron chi connectivity index (χ4n) is 16.7. The lowest BCUT2D eigenvalue weighted by Gasteiger charge is -2.25. The highest BCUT2D eigenvalue weighted by Gasteiger charge is 2.29. The molecule has 4 amide bonds. The van der Waals surface area contributed by atoms with Crippen LogP contribution in [-0.2, 0) is 104 Å². The molecule has 2 aliphatic carbocycles. The first-order valence-corrected chi connectivity index (χ1v) is 38.2. The van der Waals surface area contributed by atoms with Crippen LogP contribution in [0.15, 0.2) is 103 Å². The number of aromatic nitrogens is 4. The summed E-state index contributed by atoms with van der Waals surface area (Å²) in [6.07, 6.45) is 16.6. The Hall–Kier alpha value is -7.73. The third-order valence-electron chi connectivity index (χ3n) is 22.1. The van der Waals surface area contributed by atoms with E-state index in [1.54, 1.807) is 0 Å². The van der Waals surface area contributed by atoms with E-state index in [4.69, 9.17) is 11.6 Å². The number of carbonyl (C=O) groups excluding carboxylic acids is 4. The van der Waals surface area contributed by atoms with Gasteiger partial charge in [0.25, 0.3) is 0 Å². The van der Waals surface area contributed by atoms with Crippen LogP contribution in [0, 0.1) is 32.6 Å². The van der Waals surface area contributed by atoms with E-state index >= 15 is 0 Å². The van der Waals surface area contributed by atoms with Crippen LogP contribution in [0.1, 0.15) is 152 Å². The fourth-order valence-corrected chi connectivity index (χ4v) is 16.8. The molecule has 0 saturated heterocycles. The maximum absolute atomic E-state index is 12.7. The Bertz CT molecular complexity index is 4390. The summed E-state index contributed by atoms with van der Waals surface area (Å²) in [6.45, 7) is 23.5. The number of fused-ring (bicyclic) bond motifs is 12. The van der Waals surface area contributed by atoms with Crippen LogP contribution in [0.3, 0.4) is 0 Å². The van der Waals surface area contributed by atoms with Crippen LogP contribution in [-0.4, -0.2) is 135 Å². The molecule has 0 radical (unpaired) electrons. The van der Waals surface area contributed by atoms with Crippen LogP contribution in [0.2, 0.25) is 5.02 Å². The summed E-state index contributed by atoms with van der Waals surface area (Å²) in [6, 6.07) is 36.6. The van der Waals surface area contributed by atoms with Crippen molar-refractivity contribution in [2.45, 2.75) is 196 Å². The van der Waals surface area contributed by atoms with E-state index in [0.29, 0.717) is 32.1 Å². The van der Waals surface area contributed by atoms with Gasteiger partial charge in [0.2, 0.25) is 23.6 Å². The molecule has 0 bridgehead atoms. The number of hydrogen-bond acceptors (Lipinski definition) is 8. The van der Waals surface area contributed by atoms with Gasteiger partial charge in [0.15, 0.2) is 0 Å².